The maximum absolute atomic E-state index is 12.8. The Morgan fingerprint density at radius 3 is 2.35 bits per heavy atom. The summed E-state index contributed by atoms with van der Waals surface area (Å²) >= 11 is 0. The average Bonchev–Trinajstić information content (AvgIpc) is 2.85. The summed E-state index contributed by atoms with van der Waals surface area (Å²) in [5.41, 5.74) is 3.68. The minimum atomic E-state index is -0.682. The maximum Gasteiger partial charge on any atom is 0.253 e. The van der Waals surface area contributed by atoms with Gasteiger partial charge in [0.15, 0.2) is 0 Å². The summed E-state index contributed by atoms with van der Waals surface area (Å²) in [7, 11) is 3.08. The van der Waals surface area contributed by atoms with Gasteiger partial charge in [0.05, 0.1) is 32.4 Å². The van der Waals surface area contributed by atoms with E-state index in [2.05, 4.69) is 10.3 Å². The van der Waals surface area contributed by atoms with Gasteiger partial charge in [0, 0.05) is 30.5 Å². The molecule has 0 saturated carbocycles. The molecule has 0 saturated heterocycles. The van der Waals surface area contributed by atoms with Crippen LogP contribution in [0.3, 0.4) is 0 Å². The second kappa shape index (κ2) is 14.1. The second-order valence-corrected chi connectivity index (χ2v) is 7.67. The van der Waals surface area contributed by atoms with Crippen LogP contribution in [0, 0.1) is 12.8 Å². The lowest BCUT2D eigenvalue weighted by molar-refractivity contribution is -0.134. The van der Waals surface area contributed by atoms with Crippen molar-refractivity contribution in [2.75, 3.05) is 34.2 Å². The zero-order valence-electron chi connectivity index (χ0n) is 20.0. The van der Waals surface area contributed by atoms with Gasteiger partial charge in [0.25, 0.3) is 5.91 Å². The summed E-state index contributed by atoms with van der Waals surface area (Å²) in [5, 5.41) is 12.2. The van der Waals surface area contributed by atoms with E-state index >= 15 is 0 Å². The third-order valence-corrected chi connectivity index (χ3v) is 5.14. The van der Waals surface area contributed by atoms with E-state index in [0.29, 0.717) is 23.7 Å². The molecule has 10 nitrogen and oxygen atoms in total. The van der Waals surface area contributed by atoms with Gasteiger partial charge >= 0.3 is 0 Å². The highest BCUT2D eigenvalue weighted by Gasteiger charge is 2.26. The van der Waals surface area contributed by atoms with E-state index < -0.39 is 17.9 Å². The van der Waals surface area contributed by atoms with E-state index in [0.717, 1.165) is 11.3 Å². The number of methoxy groups -OCH3 is 2. The Hall–Kier alpha value is -3.21. The Bertz CT molecular complexity index is 899. The molecule has 1 heterocycles. The highest BCUT2D eigenvalue weighted by atomic mass is 16.7. The first-order chi connectivity index (χ1) is 16.4. The van der Waals surface area contributed by atoms with Crippen molar-refractivity contribution in [3.8, 4) is 11.5 Å². The van der Waals surface area contributed by atoms with Crippen LogP contribution in [0.1, 0.15) is 35.0 Å². The largest absolute Gasteiger partial charge is 0.497 e. The molecular weight excluding hydrogens is 442 g/mol. The molecule has 0 aliphatic rings. The molecule has 0 spiro atoms. The van der Waals surface area contributed by atoms with Crippen molar-refractivity contribution >= 4 is 11.8 Å². The molecule has 34 heavy (non-hydrogen) atoms. The SMILES string of the molecule is CCOCOC[C@H](C[C@H](Cc1cc(OC)cc(OC)c1)C(=O)NO)NC(=O)c1ccc(C)nc1. The third-order valence-electron chi connectivity index (χ3n) is 5.14. The first-order valence-electron chi connectivity index (χ1n) is 10.9. The first kappa shape index (κ1) is 27.0. The number of nitrogens with one attached hydrogen (secondary N) is 2. The summed E-state index contributed by atoms with van der Waals surface area (Å²) in [6, 6.07) is 8.19. The fourth-order valence-corrected chi connectivity index (χ4v) is 3.36. The number of amides is 2. The normalized spacial score (nSPS) is 12.5. The Morgan fingerprint density at radius 1 is 1.09 bits per heavy atom. The molecule has 10 heteroatoms. The summed E-state index contributed by atoms with van der Waals surface area (Å²) in [5.74, 6) is -0.450. The summed E-state index contributed by atoms with van der Waals surface area (Å²) in [6.07, 6.45) is 1.95. The molecule has 2 aromatic rings. The van der Waals surface area contributed by atoms with E-state index in [9.17, 15) is 14.8 Å². The third kappa shape index (κ3) is 8.62. The molecule has 0 bridgehead atoms. The zero-order valence-corrected chi connectivity index (χ0v) is 20.0. The lowest BCUT2D eigenvalue weighted by Gasteiger charge is -2.24. The van der Waals surface area contributed by atoms with Gasteiger partial charge in [-0.3, -0.25) is 19.8 Å². The van der Waals surface area contributed by atoms with Gasteiger partial charge in [0.1, 0.15) is 18.3 Å². The van der Waals surface area contributed by atoms with E-state index in [1.54, 1.807) is 35.8 Å². The predicted octanol–water partition coefficient (Wildman–Crippen LogP) is 2.27. The molecule has 0 aliphatic heterocycles. The zero-order chi connectivity index (χ0) is 24.9. The van der Waals surface area contributed by atoms with Gasteiger partial charge in [-0.25, -0.2) is 5.48 Å². The van der Waals surface area contributed by atoms with Crippen LogP contribution in [0.15, 0.2) is 36.5 Å². The van der Waals surface area contributed by atoms with Crippen LogP contribution in [0.25, 0.3) is 0 Å². The number of hydroxylamine groups is 1. The monoisotopic (exact) mass is 475 g/mol. The Morgan fingerprint density at radius 2 is 1.79 bits per heavy atom. The first-order valence-corrected chi connectivity index (χ1v) is 10.9. The van der Waals surface area contributed by atoms with Crippen molar-refractivity contribution in [2.24, 2.45) is 5.92 Å². The molecule has 2 rings (SSSR count). The quantitative estimate of drug-likeness (QED) is 0.164. The number of rotatable bonds is 14. The summed E-state index contributed by atoms with van der Waals surface area (Å²) in [4.78, 5) is 29.5. The summed E-state index contributed by atoms with van der Waals surface area (Å²) in [6.45, 7) is 4.33. The Kier molecular flexibility index (Phi) is 11.2. The maximum atomic E-state index is 12.8. The van der Waals surface area contributed by atoms with E-state index in [1.807, 2.05) is 13.8 Å². The standard InChI is InChI=1S/C24H33N3O7/c1-5-33-15-34-14-20(26-23(28)18-7-6-16(2)25-13-18)11-19(24(29)27-30)8-17-9-21(31-3)12-22(10-17)32-4/h6-7,9-10,12-13,19-20,30H,5,8,11,14-15H2,1-4H3,(H,26,28)(H,27,29)/t19-,20-/m0/s1. The molecule has 0 unspecified atom stereocenters. The number of carbonyl (C=O) groups is 2. The fraction of sp³-hybridized carbons (Fsp3) is 0.458. The number of ether oxygens (including phenoxy) is 4. The van der Waals surface area contributed by atoms with Crippen LogP contribution < -0.4 is 20.3 Å². The lowest BCUT2D eigenvalue weighted by atomic mass is 9.91. The van der Waals surface area contributed by atoms with Gasteiger partial charge in [-0.15, -0.1) is 0 Å². The molecule has 1 aromatic carbocycles. The number of pyridine rings is 1. The van der Waals surface area contributed by atoms with Gasteiger partial charge in [-0.2, -0.15) is 0 Å². The molecule has 0 radical (unpaired) electrons. The number of hydrogen-bond acceptors (Lipinski definition) is 8. The van der Waals surface area contributed by atoms with Gasteiger partial charge < -0.3 is 24.3 Å². The highest BCUT2D eigenvalue weighted by molar-refractivity contribution is 5.94. The molecule has 186 valence electrons. The smallest absolute Gasteiger partial charge is 0.253 e. The molecule has 2 atom stereocenters. The topological polar surface area (TPSA) is 128 Å². The van der Waals surface area contributed by atoms with Crippen LogP contribution in [0.2, 0.25) is 0 Å². The van der Waals surface area contributed by atoms with Gasteiger partial charge in [-0.05, 0) is 56.5 Å². The second-order valence-electron chi connectivity index (χ2n) is 7.67. The minimum absolute atomic E-state index is 0.0545. The molecule has 0 fully saturated rings. The number of aryl methyl sites for hydroxylation is 1. The number of nitrogens with zero attached hydrogens (tertiary/aromatic N) is 1. The number of benzene rings is 1. The minimum Gasteiger partial charge on any atom is -0.497 e. The van der Waals surface area contributed by atoms with Crippen molar-refractivity contribution in [3.05, 3.63) is 53.3 Å². The molecule has 2 amide bonds. The fourth-order valence-electron chi connectivity index (χ4n) is 3.36. The summed E-state index contributed by atoms with van der Waals surface area (Å²) < 4.78 is 21.4. The average molecular weight is 476 g/mol. The van der Waals surface area contributed by atoms with Crippen LogP contribution in [-0.4, -0.2) is 62.3 Å². The van der Waals surface area contributed by atoms with Crippen LogP contribution in [0.4, 0.5) is 0 Å². The van der Waals surface area contributed by atoms with E-state index in [4.69, 9.17) is 18.9 Å². The van der Waals surface area contributed by atoms with Gasteiger partial charge in [-0.1, -0.05) is 0 Å². The van der Waals surface area contributed by atoms with Crippen molar-refractivity contribution in [1.29, 1.82) is 0 Å². The molecule has 1 aromatic heterocycles. The van der Waals surface area contributed by atoms with E-state index in [1.165, 1.54) is 20.4 Å². The lowest BCUT2D eigenvalue weighted by Crippen LogP contribution is -2.42. The highest BCUT2D eigenvalue weighted by Crippen LogP contribution is 2.25. The molecular formula is C24H33N3O7. The molecule has 3 N–H and O–H groups in total. The van der Waals surface area contributed by atoms with Crippen molar-refractivity contribution < 1.29 is 33.7 Å². The van der Waals surface area contributed by atoms with E-state index in [-0.39, 0.29) is 32.1 Å². The number of hydrogen-bond donors (Lipinski definition) is 3. The van der Waals surface area contributed by atoms with Crippen molar-refractivity contribution in [3.63, 3.8) is 0 Å². The van der Waals surface area contributed by atoms with Crippen LogP contribution in [-0.2, 0) is 20.7 Å². The Labute approximate surface area is 199 Å². The number of carbonyl (C=O) groups excluding carboxylic acids is 2. The van der Waals surface area contributed by atoms with Gasteiger partial charge in [0.2, 0.25) is 5.91 Å². The van der Waals surface area contributed by atoms with Crippen molar-refractivity contribution in [1.82, 2.24) is 15.8 Å². The number of aromatic nitrogens is 1. The van der Waals surface area contributed by atoms with Crippen molar-refractivity contribution in [2.45, 2.75) is 32.7 Å². The molecule has 0 aliphatic carbocycles. The van der Waals surface area contributed by atoms with Crippen LogP contribution >= 0.6 is 0 Å². The van der Waals surface area contributed by atoms with Crippen LogP contribution in [0.5, 0.6) is 11.5 Å². The Balaban J connectivity index is 2.20. The predicted molar refractivity (Wildman–Crippen MR) is 124 cm³/mol.